The van der Waals surface area contributed by atoms with E-state index >= 15 is 0 Å². The Morgan fingerprint density at radius 3 is 2.48 bits per heavy atom. The highest BCUT2D eigenvalue weighted by Crippen LogP contribution is 2.28. The Kier molecular flexibility index (Phi) is 8.45. The molecule has 8 nitrogen and oxygen atoms in total. The number of sulfonamides is 1. The number of aromatic nitrogens is 1. The van der Waals surface area contributed by atoms with Gasteiger partial charge in [0.05, 0.1) is 18.6 Å². The van der Waals surface area contributed by atoms with E-state index in [1.165, 1.54) is 22.8 Å². The molecule has 2 heterocycles. The molecule has 1 fully saturated rings. The number of ether oxygens (including phenoxy) is 1. The van der Waals surface area contributed by atoms with Gasteiger partial charge in [0, 0.05) is 36.4 Å². The number of nitrogens with one attached hydrogen (secondary N) is 1. The summed E-state index contributed by atoms with van der Waals surface area (Å²) in [4.78, 5) is 29.4. The lowest BCUT2D eigenvalue weighted by Crippen LogP contribution is -2.44. The van der Waals surface area contributed by atoms with Crippen LogP contribution in [0.2, 0.25) is 5.02 Å². The molecule has 0 spiro atoms. The van der Waals surface area contributed by atoms with Crippen molar-refractivity contribution in [2.75, 3.05) is 13.1 Å². The van der Waals surface area contributed by atoms with Gasteiger partial charge in [0.15, 0.2) is 0 Å². The fourth-order valence-electron chi connectivity index (χ4n) is 3.77. The van der Waals surface area contributed by atoms with Crippen LogP contribution in [0, 0.1) is 5.92 Å². The number of pyridine rings is 1. The molecule has 1 aromatic heterocycles. The maximum Gasteiger partial charge on any atom is 0.308 e. The number of hydrogen-bond donors (Lipinski definition) is 1. The quantitative estimate of drug-likeness (QED) is 0.565. The Balaban J connectivity index is 1.67. The Morgan fingerprint density at radius 1 is 1.18 bits per heavy atom. The number of carbonyl (C=O) groups excluding carboxylic acids is 2. The minimum absolute atomic E-state index is 0.0537. The second-order valence-corrected chi connectivity index (χ2v) is 10.5. The third-order valence-electron chi connectivity index (χ3n) is 5.43. The van der Waals surface area contributed by atoms with Gasteiger partial charge in [-0.3, -0.25) is 14.6 Å². The molecule has 0 saturated carbocycles. The molecule has 33 heavy (non-hydrogen) atoms. The third kappa shape index (κ3) is 6.52. The largest absolute Gasteiger partial charge is 0.463 e. The lowest BCUT2D eigenvalue weighted by Gasteiger charge is -2.31. The van der Waals surface area contributed by atoms with Gasteiger partial charge >= 0.3 is 5.97 Å². The van der Waals surface area contributed by atoms with Crippen molar-refractivity contribution in [3.63, 3.8) is 0 Å². The van der Waals surface area contributed by atoms with Gasteiger partial charge in [0.25, 0.3) is 0 Å². The number of piperidine rings is 1. The minimum atomic E-state index is -3.65. The first-order valence-electron chi connectivity index (χ1n) is 10.8. The topological polar surface area (TPSA) is 106 Å². The van der Waals surface area contributed by atoms with E-state index in [0.29, 0.717) is 23.4 Å². The van der Waals surface area contributed by atoms with Crippen molar-refractivity contribution in [1.82, 2.24) is 14.6 Å². The number of esters is 1. The van der Waals surface area contributed by atoms with Gasteiger partial charge in [-0.05, 0) is 50.5 Å². The highest BCUT2D eigenvalue weighted by molar-refractivity contribution is 7.89. The summed E-state index contributed by atoms with van der Waals surface area (Å²) in [5.74, 6) is -1.06. The van der Waals surface area contributed by atoms with Crippen LogP contribution in [0.1, 0.15) is 44.7 Å². The number of nitrogens with zero attached hydrogens (tertiary/aromatic N) is 2. The summed E-state index contributed by atoms with van der Waals surface area (Å²) in [6, 6.07) is 9.46. The van der Waals surface area contributed by atoms with E-state index in [2.05, 4.69) is 10.3 Å². The van der Waals surface area contributed by atoms with Crippen LogP contribution in [-0.4, -0.2) is 48.8 Å². The van der Waals surface area contributed by atoms with Crippen LogP contribution in [0.15, 0.2) is 53.7 Å². The summed E-state index contributed by atoms with van der Waals surface area (Å²) in [5, 5.41) is 3.37. The van der Waals surface area contributed by atoms with Gasteiger partial charge in [-0.2, -0.15) is 4.31 Å². The average Bonchev–Trinajstić information content (AvgIpc) is 2.79. The van der Waals surface area contributed by atoms with Crippen molar-refractivity contribution in [1.29, 1.82) is 0 Å². The molecule has 0 radical (unpaired) electrons. The van der Waals surface area contributed by atoms with Crippen LogP contribution in [0.5, 0.6) is 0 Å². The molecule has 1 amide bonds. The Bertz CT molecular complexity index is 1070. The van der Waals surface area contributed by atoms with Crippen molar-refractivity contribution in [2.24, 2.45) is 5.92 Å². The Hall–Kier alpha value is -2.49. The summed E-state index contributed by atoms with van der Waals surface area (Å²) in [6.45, 7) is 3.96. The van der Waals surface area contributed by atoms with Crippen LogP contribution in [0.3, 0.4) is 0 Å². The van der Waals surface area contributed by atoms with Gasteiger partial charge in [-0.1, -0.05) is 29.8 Å². The van der Waals surface area contributed by atoms with E-state index in [4.69, 9.17) is 16.3 Å². The maximum absolute atomic E-state index is 13.0. The lowest BCUT2D eigenvalue weighted by molar-refractivity contribution is -0.148. The molecular weight excluding hydrogens is 466 g/mol. The first-order chi connectivity index (χ1) is 15.7. The summed E-state index contributed by atoms with van der Waals surface area (Å²) in [6.07, 6.45) is 3.25. The molecule has 2 aromatic rings. The molecular formula is C23H28ClN3O5S. The maximum atomic E-state index is 13.0. The predicted molar refractivity (Wildman–Crippen MR) is 124 cm³/mol. The molecule has 1 N–H and O–H groups in total. The van der Waals surface area contributed by atoms with E-state index in [1.807, 2.05) is 0 Å². The molecule has 1 aliphatic rings. The molecule has 1 aromatic carbocycles. The van der Waals surface area contributed by atoms with Gasteiger partial charge in [0.2, 0.25) is 15.9 Å². The van der Waals surface area contributed by atoms with E-state index in [1.54, 1.807) is 44.2 Å². The molecule has 1 atom stereocenters. The molecule has 178 valence electrons. The molecule has 0 unspecified atom stereocenters. The predicted octanol–water partition coefficient (Wildman–Crippen LogP) is 3.33. The van der Waals surface area contributed by atoms with E-state index in [0.717, 1.165) is 0 Å². The third-order valence-corrected chi connectivity index (χ3v) is 7.66. The smallest absolute Gasteiger partial charge is 0.308 e. The van der Waals surface area contributed by atoms with Crippen molar-refractivity contribution < 1.29 is 22.7 Å². The monoisotopic (exact) mass is 493 g/mol. The molecule has 0 aliphatic carbocycles. The molecule has 1 aliphatic heterocycles. The first kappa shape index (κ1) is 25.1. The summed E-state index contributed by atoms with van der Waals surface area (Å²) in [5.41, 5.74) is 0.629. The van der Waals surface area contributed by atoms with E-state index in [-0.39, 0.29) is 42.3 Å². The van der Waals surface area contributed by atoms with E-state index in [9.17, 15) is 18.0 Å². The summed E-state index contributed by atoms with van der Waals surface area (Å²) in [7, 11) is -3.65. The second kappa shape index (κ2) is 11.1. The van der Waals surface area contributed by atoms with Gasteiger partial charge in [0.1, 0.15) is 4.90 Å². The van der Waals surface area contributed by atoms with Crippen molar-refractivity contribution in [3.05, 3.63) is 59.4 Å². The van der Waals surface area contributed by atoms with Crippen LogP contribution in [-0.2, 0) is 24.3 Å². The molecule has 3 rings (SSSR count). The van der Waals surface area contributed by atoms with Gasteiger partial charge in [-0.25, -0.2) is 8.42 Å². The van der Waals surface area contributed by atoms with Crippen molar-refractivity contribution in [2.45, 2.75) is 50.2 Å². The fourth-order valence-corrected chi connectivity index (χ4v) is 5.47. The standard InChI is InChI=1S/C23H28ClN3O5S/c1-16(2)32-22(28)14-21(19-7-3-4-8-20(19)24)26-23(29)17-9-12-27(13-10-17)33(30,31)18-6-5-11-25-15-18/h3-8,11,15-17,21H,9-10,12-14H2,1-2H3,(H,26,29)/t21-/m0/s1. The lowest BCUT2D eigenvalue weighted by atomic mass is 9.95. The van der Waals surface area contributed by atoms with E-state index < -0.39 is 22.0 Å². The molecule has 1 saturated heterocycles. The Morgan fingerprint density at radius 2 is 1.88 bits per heavy atom. The highest BCUT2D eigenvalue weighted by Gasteiger charge is 2.33. The normalized spacial score (nSPS) is 16.4. The zero-order valence-corrected chi connectivity index (χ0v) is 20.2. The van der Waals surface area contributed by atoms with Crippen LogP contribution >= 0.6 is 11.6 Å². The number of carbonyl (C=O) groups is 2. The van der Waals surface area contributed by atoms with Crippen LogP contribution < -0.4 is 5.32 Å². The zero-order chi connectivity index (χ0) is 24.0. The number of benzene rings is 1. The first-order valence-corrected chi connectivity index (χ1v) is 12.6. The van der Waals surface area contributed by atoms with Crippen molar-refractivity contribution >= 4 is 33.5 Å². The summed E-state index contributed by atoms with van der Waals surface area (Å²) < 4.78 is 32.2. The number of rotatable bonds is 8. The van der Waals surface area contributed by atoms with Gasteiger partial charge in [-0.15, -0.1) is 0 Å². The molecule has 0 bridgehead atoms. The molecule has 10 heteroatoms. The zero-order valence-electron chi connectivity index (χ0n) is 18.6. The second-order valence-electron chi connectivity index (χ2n) is 8.19. The highest BCUT2D eigenvalue weighted by atomic mass is 35.5. The number of halogens is 1. The summed E-state index contributed by atoms with van der Waals surface area (Å²) >= 11 is 6.32. The van der Waals surface area contributed by atoms with Crippen LogP contribution in [0.25, 0.3) is 0 Å². The minimum Gasteiger partial charge on any atom is -0.463 e. The van der Waals surface area contributed by atoms with Gasteiger partial charge < -0.3 is 10.1 Å². The Labute approximate surface area is 199 Å². The average molecular weight is 494 g/mol. The number of hydrogen-bond acceptors (Lipinski definition) is 6. The fraction of sp³-hybridized carbons (Fsp3) is 0.435. The van der Waals surface area contributed by atoms with Crippen molar-refractivity contribution in [3.8, 4) is 0 Å². The SMILES string of the molecule is CC(C)OC(=O)C[C@H](NC(=O)C1CCN(S(=O)(=O)c2cccnc2)CC1)c1ccccc1Cl. The number of amides is 1. The van der Waals surface area contributed by atoms with Crippen LogP contribution in [0.4, 0.5) is 0 Å².